The smallest absolute Gasteiger partial charge is 0.225 e. The molecule has 0 amide bonds. The molecule has 0 unspecified atom stereocenters. The number of benzene rings is 1. The Morgan fingerprint density at radius 1 is 1.30 bits per heavy atom. The Labute approximate surface area is 118 Å². The standard InChI is InChI=1S/C15H17N3O2/c1-18(15-16-8-13(19-2)9-17-15)10-11-3-4-14-12(7-11)5-6-20-14/h3-4,7-9H,5-6,10H2,1-2H3. The molecular formula is C15H17N3O2. The van der Waals surface area contributed by atoms with E-state index in [-0.39, 0.29) is 0 Å². The van der Waals surface area contributed by atoms with E-state index in [4.69, 9.17) is 9.47 Å². The number of anilines is 1. The molecule has 0 bridgehead atoms. The summed E-state index contributed by atoms with van der Waals surface area (Å²) in [5, 5.41) is 0. The number of aromatic nitrogens is 2. The van der Waals surface area contributed by atoms with E-state index in [1.807, 2.05) is 18.0 Å². The van der Waals surface area contributed by atoms with Crippen molar-refractivity contribution in [3.8, 4) is 11.5 Å². The summed E-state index contributed by atoms with van der Waals surface area (Å²) in [6.07, 6.45) is 4.34. The summed E-state index contributed by atoms with van der Waals surface area (Å²) < 4.78 is 10.6. The van der Waals surface area contributed by atoms with Crippen LogP contribution in [0, 0.1) is 0 Å². The lowest BCUT2D eigenvalue weighted by atomic mass is 10.1. The van der Waals surface area contributed by atoms with Crippen LogP contribution in [0.3, 0.4) is 0 Å². The van der Waals surface area contributed by atoms with Gasteiger partial charge in [0.15, 0.2) is 5.75 Å². The average molecular weight is 271 g/mol. The molecule has 1 aliphatic rings. The molecule has 2 aromatic rings. The number of hydrogen-bond acceptors (Lipinski definition) is 5. The van der Waals surface area contributed by atoms with Gasteiger partial charge in [0.1, 0.15) is 5.75 Å². The van der Waals surface area contributed by atoms with Gasteiger partial charge in [-0.2, -0.15) is 0 Å². The highest BCUT2D eigenvalue weighted by Crippen LogP contribution is 2.26. The topological polar surface area (TPSA) is 47.5 Å². The maximum absolute atomic E-state index is 5.52. The first kappa shape index (κ1) is 12.7. The van der Waals surface area contributed by atoms with E-state index in [0.717, 1.165) is 25.3 Å². The molecule has 3 rings (SSSR count). The van der Waals surface area contributed by atoms with E-state index in [2.05, 4.69) is 22.1 Å². The molecule has 1 aromatic carbocycles. The Morgan fingerprint density at radius 3 is 2.85 bits per heavy atom. The zero-order chi connectivity index (χ0) is 13.9. The van der Waals surface area contributed by atoms with Crippen molar-refractivity contribution in [1.82, 2.24) is 9.97 Å². The third-order valence-corrected chi connectivity index (χ3v) is 3.37. The molecule has 5 nitrogen and oxygen atoms in total. The molecule has 0 saturated heterocycles. The first-order valence-corrected chi connectivity index (χ1v) is 6.58. The first-order valence-electron chi connectivity index (χ1n) is 6.58. The maximum Gasteiger partial charge on any atom is 0.225 e. The van der Waals surface area contributed by atoms with Crippen molar-refractivity contribution in [1.29, 1.82) is 0 Å². The minimum Gasteiger partial charge on any atom is -0.494 e. The molecule has 0 N–H and O–H groups in total. The van der Waals surface area contributed by atoms with Gasteiger partial charge in [0.05, 0.1) is 26.1 Å². The van der Waals surface area contributed by atoms with Gasteiger partial charge >= 0.3 is 0 Å². The predicted molar refractivity (Wildman–Crippen MR) is 76.3 cm³/mol. The van der Waals surface area contributed by atoms with E-state index < -0.39 is 0 Å². The van der Waals surface area contributed by atoms with Crippen LogP contribution in [0.15, 0.2) is 30.6 Å². The Kier molecular flexibility index (Phi) is 3.41. The molecule has 2 heterocycles. The summed E-state index contributed by atoms with van der Waals surface area (Å²) in [6.45, 7) is 1.55. The van der Waals surface area contributed by atoms with Gasteiger partial charge < -0.3 is 14.4 Å². The highest BCUT2D eigenvalue weighted by atomic mass is 16.5. The number of ether oxygens (including phenoxy) is 2. The molecule has 0 fully saturated rings. The number of rotatable bonds is 4. The molecule has 1 aliphatic heterocycles. The zero-order valence-corrected chi connectivity index (χ0v) is 11.7. The van der Waals surface area contributed by atoms with E-state index >= 15 is 0 Å². The maximum atomic E-state index is 5.52. The van der Waals surface area contributed by atoms with Gasteiger partial charge in [0.2, 0.25) is 5.95 Å². The van der Waals surface area contributed by atoms with Gasteiger partial charge in [-0.05, 0) is 17.2 Å². The van der Waals surface area contributed by atoms with Crippen LogP contribution in [0.5, 0.6) is 11.5 Å². The lowest BCUT2D eigenvalue weighted by Gasteiger charge is -2.17. The fraction of sp³-hybridized carbons (Fsp3) is 0.333. The highest BCUT2D eigenvalue weighted by Gasteiger charge is 2.13. The van der Waals surface area contributed by atoms with Crippen LogP contribution in [0.1, 0.15) is 11.1 Å². The fourth-order valence-electron chi connectivity index (χ4n) is 2.29. The summed E-state index contributed by atoms with van der Waals surface area (Å²) in [6, 6.07) is 6.33. The zero-order valence-electron chi connectivity index (χ0n) is 11.7. The van der Waals surface area contributed by atoms with Crippen molar-refractivity contribution in [2.75, 3.05) is 25.7 Å². The third-order valence-electron chi connectivity index (χ3n) is 3.37. The van der Waals surface area contributed by atoms with Gasteiger partial charge in [-0.1, -0.05) is 12.1 Å². The molecule has 0 atom stereocenters. The van der Waals surface area contributed by atoms with Crippen molar-refractivity contribution in [3.63, 3.8) is 0 Å². The van der Waals surface area contributed by atoms with Gasteiger partial charge in [0, 0.05) is 20.0 Å². The largest absolute Gasteiger partial charge is 0.494 e. The summed E-state index contributed by atoms with van der Waals surface area (Å²) in [5.74, 6) is 2.36. The number of nitrogens with zero attached hydrogens (tertiary/aromatic N) is 3. The number of fused-ring (bicyclic) bond motifs is 1. The Bertz CT molecular complexity index is 599. The van der Waals surface area contributed by atoms with Crippen molar-refractivity contribution in [3.05, 3.63) is 41.7 Å². The second kappa shape index (κ2) is 5.36. The fourth-order valence-corrected chi connectivity index (χ4v) is 2.29. The van der Waals surface area contributed by atoms with Crippen LogP contribution >= 0.6 is 0 Å². The van der Waals surface area contributed by atoms with Crippen LogP contribution in [0.2, 0.25) is 0 Å². The molecule has 0 saturated carbocycles. The van der Waals surface area contributed by atoms with Gasteiger partial charge in [-0.3, -0.25) is 0 Å². The van der Waals surface area contributed by atoms with E-state index in [1.165, 1.54) is 11.1 Å². The van der Waals surface area contributed by atoms with Crippen molar-refractivity contribution < 1.29 is 9.47 Å². The van der Waals surface area contributed by atoms with Crippen molar-refractivity contribution in [2.45, 2.75) is 13.0 Å². The first-order chi connectivity index (χ1) is 9.76. The van der Waals surface area contributed by atoms with Gasteiger partial charge in [-0.25, -0.2) is 9.97 Å². The monoisotopic (exact) mass is 271 g/mol. The summed E-state index contributed by atoms with van der Waals surface area (Å²) in [5.41, 5.74) is 2.52. The Balaban J connectivity index is 1.73. The molecule has 0 radical (unpaired) electrons. The van der Waals surface area contributed by atoms with Crippen molar-refractivity contribution in [2.24, 2.45) is 0 Å². The van der Waals surface area contributed by atoms with Crippen LogP contribution < -0.4 is 14.4 Å². The lowest BCUT2D eigenvalue weighted by Crippen LogP contribution is -2.19. The normalized spacial score (nSPS) is 12.7. The Morgan fingerprint density at radius 2 is 2.10 bits per heavy atom. The lowest BCUT2D eigenvalue weighted by molar-refractivity contribution is 0.357. The van der Waals surface area contributed by atoms with E-state index in [1.54, 1.807) is 19.5 Å². The minimum atomic E-state index is 0.664. The number of hydrogen-bond donors (Lipinski definition) is 0. The van der Waals surface area contributed by atoms with E-state index in [0.29, 0.717) is 11.7 Å². The van der Waals surface area contributed by atoms with E-state index in [9.17, 15) is 0 Å². The summed E-state index contributed by atoms with van der Waals surface area (Å²) in [7, 11) is 3.58. The minimum absolute atomic E-state index is 0.664. The van der Waals surface area contributed by atoms with Crippen LogP contribution in [-0.4, -0.2) is 30.7 Å². The second-order valence-electron chi connectivity index (χ2n) is 4.82. The molecule has 5 heteroatoms. The van der Waals surface area contributed by atoms with Crippen LogP contribution in [-0.2, 0) is 13.0 Å². The highest BCUT2D eigenvalue weighted by molar-refractivity contribution is 5.41. The average Bonchev–Trinajstić information content (AvgIpc) is 2.95. The van der Waals surface area contributed by atoms with Gasteiger partial charge in [0.25, 0.3) is 0 Å². The number of methoxy groups -OCH3 is 1. The Hall–Kier alpha value is -2.30. The summed E-state index contributed by atoms with van der Waals surface area (Å²) in [4.78, 5) is 10.6. The third kappa shape index (κ3) is 2.52. The van der Waals surface area contributed by atoms with Gasteiger partial charge in [-0.15, -0.1) is 0 Å². The molecule has 104 valence electrons. The molecular weight excluding hydrogens is 254 g/mol. The molecule has 1 aromatic heterocycles. The molecule has 20 heavy (non-hydrogen) atoms. The summed E-state index contributed by atoms with van der Waals surface area (Å²) >= 11 is 0. The second-order valence-corrected chi connectivity index (χ2v) is 4.82. The van der Waals surface area contributed by atoms with Crippen LogP contribution in [0.25, 0.3) is 0 Å². The molecule has 0 aliphatic carbocycles. The van der Waals surface area contributed by atoms with Crippen LogP contribution in [0.4, 0.5) is 5.95 Å². The quantitative estimate of drug-likeness (QED) is 0.851. The predicted octanol–water partition coefficient (Wildman–Crippen LogP) is 2.06. The molecule has 0 spiro atoms. The SMILES string of the molecule is COc1cnc(N(C)Cc2ccc3c(c2)CCO3)nc1. The van der Waals surface area contributed by atoms with Crippen molar-refractivity contribution >= 4 is 5.95 Å².